The molecular formula is C116H70N6S2. The van der Waals surface area contributed by atoms with E-state index in [1.807, 2.05) is 11.3 Å². The third-order valence-corrected chi connectivity index (χ3v) is 28.2. The second-order valence-electron chi connectivity index (χ2n) is 32.4. The summed E-state index contributed by atoms with van der Waals surface area (Å²) in [6, 6.07) is 154. The van der Waals surface area contributed by atoms with Crippen molar-refractivity contribution in [3.63, 3.8) is 0 Å². The van der Waals surface area contributed by atoms with Gasteiger partial charge in [-0.05, 0) is 176 Å². The van der Waals surface area contributed by atoms with Crippen molar-refractivity contribution < 1.29 is 0 Å². The summed E-state index contributed by atoms with van der Waals surface area (Å²) in [5.74, 6) is 3.88. The fraction of sp³-hybridized carbons (Fsp3) is 0.0172. The first kappa shape index (κ1) is 71.3. The molecule has 0 saturated heterocycles. The molecule has 4 aliphatic carbocycles. The molecule has 26 rings (SSSR count). The Bertz CT molecular complexity index is 8030. The Balaban J connectivity index is 0.000000136. The molecule has 22 aromatic rings. The number of thiophene rings is 2. The first-order chi connectivity index (χ1) is 61.5. The van der Waals surface area contributed by atoms with Crippen molar-refractivity contribution >= 4 is 63.0 Å². The van der Waals surface area contributed by atoms with Crippen LogP contribution in [0.25, 0.3) is 198 Å². The Morgan fingerprint density at radius 1 is 0.153 bits per heavy atom. The molecule has 18 aromatic carbocycles. The maximum atomic E-state index is 5.52. The van der Waals surface area contributed by atoms with Crippen LogP contribution in [0, 0.1) is 0 Å². The summed E-state index contributed by atoms with van der Waals surface area (Å²) in [6.45, 7) is 0. The lowest BCUT2D eigenvalue weighted by Gasteiger charge is -2.35. The zero-order chi connectivity index (χ0) is 81.6. The Morgan fingerprint density at radius 2 is 0.419 bits per heavy atom. The van der Waals surface area contributed by atoms with Crippen molar-refractivity contribution in [1.29, 1.82) is 0 Å². The fourth-order valence-electron chi connectivity index (χ4n) is 20.8. The van der Waals surface area contributed by atoms with Crippen molar-refractivity contribution in [3.8, 4) is 157 Å². The molecule has 2 spiro atoms. The molecule has 8 heteroatoms. The van der Waals surface area contributed by atoms with Gasteiger partial charge in [-0.2, -0.15) is 0 Å². The minimum absolute atomic E-state index is 0.556. The number of rotatable bonds is 8. The third-order valence-electron chi connectivity index (χ3n) is 26.0. The van der Waals surface area contributed by atoms with Crippen LogP contribution in [0.5, 0.6) is 0 Å². The van der Waals surface area contributed by atoms with E-state index in [1.165, 1.54) is 146 Å². The first-order valence-electron chi connectivity index (χ1n) is 42.2. The predicted octanol–water partition coefficient (Wildman–Crippen LogP) is 29.8. The molecule has 0 amide bonds. The minimum atomic E-state index is -0.613. The molecule has 4 aliphatic rings. The molecule has 6 nitrogen and oxygen atoms in total. The highest BCUT2D eigenvalue weighted by Gasteiger charge is 2.52. The predicted molar refractivity (Wildman–Crippen MR) is 512 cm³/mol. The average Bonchev–Trinajstić information content (AvgIpc) is 1.52. The molecule has 0 aliphatic heterocycles. The zero-order valence-electron chi connectivity index (χ0n) is 66.9. The molecule has 0 saturated carbocycles. The maximum Gasteiger partial charge on any atom is 0.164 e. The molecule has 0 radical (unpaired) electrons. The van der Waals surface area contributed by atoms with Crippen molar-refractivity contribution in [2.24, 2.45) is 0 Å². The number of benzene rings is 18. The van der Waals surface area contributed by atoms with E-state index in [0.717, 1.165) is 61.2 Å². The molecular weight excluding hydrogens is 1540 g/mol. The third kappa shape index (κ3) is 10.9. The molecule has 576 valence electrons. The van der Waals surface area contributed by atoms with E-state index in [1.54, 1.807) is 11.3 Å². The van der Waals surface area contributed by atoms with E-state index in [9.17, 15) is 0 Å². The Morgan fingerprint density at radius 3 is 0.863 bits per heavy atom. The van der Waals surface area contributed by atoms with E-state index >= 15 is 0 Å². The van der Waals surface area contributed by atoms with Crippen LogP contribution in [0.15, 0.2) is 425 Å². The molecule has 0 atom stereocenters. The van der Waals surface area contributed by atoms with Gasteiger partial charge in [-0.1, -0.05) is 382 Å². The van der Waals surface area contributed by atoms with Gasteiger partial charge in [0.1, 0.15) is 0 Å². The van der Waals surface area contributed by atoms with Crippen molar-refractivity contribution in [2.75, 3.05) is 0 Å². The smallest absolute Gasteiger partial charge is 0.164 e. The van der Waals surface area contributed by atoms with E-state index in [4.69, 9.17) is 29.9 Å². The van der Waals surface area contributed by atoms with Crippen LogP contribution in [0.2, 0.25) is 0 Å². The van der Waals surface area contributed by atoms with E-state index in [0.29, 0.717) is 34.9 Å². The van der Waals surface area contributed by atoms with Gasteiger partial charge in [0.2, 0.25) is 0 Å². The van der Waals surface area contributed by atoms with E-state index < -0.39 is 10.8 Å². The lowest BCUT2D eigenvalue weighted by molar-refractivity contribution is 0.775. The Kier molecular flexibility index (Phi) is 16.4. The van der Waals surface area contributed by atoms with Gasteiger partial charge < -0.3 is 0 Å². The highest BCUT2D eigenvalue weighted by atomic mass is 32.1. The van der Waals surface area contributed by atoms with Crippen LogP contribution >= 0.6 is 22.7 Å². The minimum Gasteiger partial charge on any atom is -0.208 e. The topological polar surface area (TPSA) is 77.3 Å². The van der Waals surface area contributed by atoms with Crippen molar-refractivity contribution in [2.45, 2.75) is 10.8 Å². The SMILES string of the molecule is c1ccc(-c2cccc(-c3nc(-c4ccc5c(c4)-c4ccccc4C54c5ccccc5-c5ccccc5-c5ccccc54)nc(-c4cccc5sc6ccccc6c45)n3)c2)cc1.c1ccc(-c2cccc(-c3nc(-c4cccc5c4-c4ccccc4C54c5ccccc5-c5ccccc5-c5ccccc54)nc(-c4cccc5sc6ccccc6c45)n3)c2)cc1. The van der Waals surface area contributed by atoms with Gasteiger partial charge in [0, 0.05) is 73.7 Å². The lowest BCUT2D eigenvalue weighted by Crippen LogP contribution is -2.29. The largest absolute Gasteiger partial charge is 0.208 e. The standard InChI is InChI=1S/2C58H35N3S/c1-2-17-36(18-3-1)37-19-14-20-38(35-37)55-59-56(61-57(60-55)46-28-16-34-52-54(46)44-26-9-13-33-51(44)62-52)45-27-15-32-50-53(45)43-25-8-12-31-49(43)58(50)47-29-10-6-23-41(47)39-21-4-5-22-40(39)42-24-7-11-30-48(42)58;1-2-16-36(17-3-1)37-18-14-19-38(34-37)55-59-56(61-57(60-55)46-26-15-31-53-54(46)45-25-9-13-30-52(45)62-53)39-32-33-51-47(35-39)44-24-8-12-29-50(44)58(51)48-27-10-6-22-42(48)40-20-4-5-21-41(40)43-23-7-11-28-49(43)58/h2*1-35H. The average molecular weight is 1610 g/mol. The van der Waals surface area contributed by atoms with Crippen molar-refractivity contribution in [3.05, 3.63) is 469 Å². The quantitative estimate of drug-likeness (QED) is 0.151. The van der Waals surface area contributed by atoms with Gasteiger partial charge >= 0.3 is 0 Å². The zero-order valence-corrected chi connectivity index (χ0v) is 68.5. The number of hydrogen-bond acceptors (Lipinski definition) is 8. The number of hydrogen-bond donors (Lipinski definition) is 0. The summed E-state index contributed by atoms with van der Waals surface area (Å²) in [7, 11) is 0. The van der Waals surface area contributed by atoms with Crippen LogP contribution in [-0.2, 0) is 10.8 Å². The molecule has 0 unspecified atom stereocenters. The summed E-state index contributed by atoms with van der Waals surface area (Å²) in [5.41, 5.74) is 34.0. The summed E-state index contributed by atoms with van der Waals surface area (Å²) in [5, 5.41) is 4.76. The fourth-order valence-corrected chi connectivity index (χ4v) is 23.1. The number of fused-ring (bicyclic) bond motifs is 30. The highest BCUT2D eigenvalue weighted by Crippen LogP contribution is 2.65. The van der Waals surface area contributed by atoms with Gasteiger partial charge in [0.25, 0.3) is 0 Å². The van der Waals surface area contributed by atoms with Crippen LogP contribution in [0.3, 0.4) is 0 Å². The molecule has 4 heterocycles. The highest BCUT2D eigenvalue weighted by molar-refractivity contribution is 7.26. The van der Waals surface area contributed by atoms with Crippen LogP contribution in [-0.4, -0.2) is 29.9 Å². The molecule has 0 N–H and O–H groups in total. The van der Waals surface area contributed by atoms with Crippen LogP contribution < -0.4 is 0 Å². The Hall–Kier alpha value is -15.6. The number of nitrogens with zero attached hydrogens (tertiary/aromatic N) is 6. The molecule has 4 aromatic heterocycles. The first-order valence-corrected chi connectivity index (χ1v) is 43.8. The van der Waals surface area contributed by atoms with Gasteiger partial charge in [0.05, 0.1) is 10.8 Å². The summed E-state index contributed by atoms with van der Waals surface area (Å²) in [6.07, 6.45) is 0. The lowest BCUT2D eigenvalue weighted by atomic mass is 9.66. The summed E-state index contributed by atoms with van der Waals surface area (Å²) in [4.78, 5) is 32.4. The Labute approximate surface area is 724 Å². The van der Waals surface area contributed by atoms with Gasteiger partial charge in [0.15, 0.2) is 34.9 Å². The molecule has 124 heavy (non-hydrogen) atoms. The summed E-state index contributed by atoms with van der Waals surface area (Å²) >= 11 is 3.61. The molecule has 0 bridgehead atoms. The number of aromatic nitrogens is 6. The second-order valence-corrected chi connectivity index (χ2v) is 34.6. The summed E-state index contributed by atoms with van der Waals surface area (Å²) < 4.78 is 4.91. The monoisotopic (exact) mass is 1610 g/mol. The van der Waals surface area contributed by atoms with E-state index in [-0.39, 0.29) is 0 Å². The molecule has 0 fully saturated rings. The second kappa shape index (κ2) is 28.6. The normalized spacial score (nSPS) is 13.0. The van der Waals surface area contributed by atoms with Gasteiger partial charge in [-0.3, -0.25) is 0 Å². The van der Waals surface area contributed by atoms with Crippen LogP contribution in [0.4, 0.5) is 0 Å². The van der Waals surface area contributed by atoms with Crippen LogP contribution in [0.1, 0.15) is 44.5 Å². The van der Waals surface area contributed by atoms with Crippen molar-refractivity contribution in [1.82, 2.24) is 29.9 Å². The van der Waals surface area contributed by atoms with Gasteiger partial charge in [-0.15, -0.1) is 22.7 Å². The van der Waals surface area contributed by atoms with E-state index in [2.05, 4.69) is 425 Å². The van der Waals surface area contributed by atoms with Gasteiger partial charge in [-0.25, -0.2) is 29.9 Å². The maximum absolute atomic E-state index is 5.52.